The van der Waals surface area contributed by atoms with E-state index in [1.807, 2.05) is 255 Å². The number of aromatic hydroxyl groups is 16. The van der Waals surface area contributed by atoms with E-state index in [4.69, 9.17) is 0 Å². The van der Waals surface area contributed by atoms with Crippen molar-refractivity contribution in [2.45, 2.75) is 0 Å². The monoisotopic (exact) mass is 2090 g/mol. The minimum absolute atomic E-state index is 0.0146. The second kappa shape index (κ2) is 38.7. The molecule has 0 radical (unpaired) electrons. The van der Waals surface area contributed by atoms with Crippen LogP contribution in [0.1, 0.15) is 0 Å². The Kier molecular flexibility index (Phi) is 25.5. The first-order valence-electron chi connectivity index (χ1n) is 44.0. The predicted octanol–water partition coefficient (Wildman–Crippen LogP) is 32.3. The highest BCUT2D eigenvalue weighted by atomic mass is 79.9. The van der Waals surface area contributed by atoms with E-state index >= 15 is 0 Å². The van der Waals surface area contributed by atoms with Crippen molar-refractivity contribution in [1.29, 1.82) is 0 Å². The van der Waals surface area contributed by atoms with Gasteiger partial charge in [0.15, 0.2) is 23.0 Å². The lowest BCUT2D eigenvalue weighted by atomic mass is 9.91. The van der Waals surface area contributed by atoms with Crippen molar-refractivity contribution in [3.63, 3.8) is 0 Å². The smallest absolute Gasteiger partial charge is 0.166 e. The van der Waals surface area contributed by atoms with Gasteiger partial charge in [-0.3, -0.25) is 0 Å². The number of phenolic OH excluding ortho intramolecular Hbond substituents is 16. The molecule has 0 aliphatic carbocycles. The van der Waals surface area contributed by atoms with Crippen LogP contribution in [0.2, 0.25) is 0 Å². The number of fused-ring (bicyclic) bond motifs is 12. The molecular formula is C120H80Br4O16. The normalized spacial score (nSPS) is 11.2. The second-order valence-electron chi connectivity index (χ2n) is 33.4. The maximum Gasteiger partial charge on any atom is 0.166 e. The lowest BCUT2D eigenvalue weighted by molar-refractivity contribution is 0.401. The summed E-state index contributed by atoms with van der Waals surface area (Å²) in [6, 6.07) is 118. The van der Waals surface area contributed by atoms with Crippen LogP contribution in [0.4, 0.5) is 0 Å². The summed E-state index contributed by atoms with van der Waals surface area (Å²) in [5.74, 6) is 0.309. The summed E-state index contributed by atoms with van der Waals surface area (Å²) >= 11 is 13.8. The zero-order chi connectivity index (χ0) is 97.6. The summed E-state index contributed by atoms with van der Waals surface area (Å²) in [6.45, 7) is 0. The molecule has 0 amide bonds. The van der Waals surface area contributed by atoms with Crippen LogP contribution >= 0.6 is 63.7 Å². The molecule has 0 saturated heterocycles. The third kappa shape index (κ3) is 17.6. The number of hydrogen-bond acceptors (Lipinski definition) is 16. The van der Waals surface area contributed by atoms with Crippen LogP contribution in [0.25, 0.3) is 196 Å². The van der Waals surface area contributed by atoms with E-state index in [1.165, 1.54) is 12.1 Å². The highest BCUT2D eigenvalue weighted by Crippen LogP contribution is 2.55. The van der Waals surface area contributed by atoms with Gasteiger partial charge in [-0.2, -0.15) is 0 Å². The fourth-order valence-corrected chi connectivity index (χ4v) is 20.2. The molecule has 16 nitrogen and oxygen atoms in total. The van der Waals surface area contributed by atoms with E-state index in [0.29, 0.717) is 75.0 Å². The van der Waals surface area contributed by atoms with Crippen LogP contribution in [0.15, 0.2) is 406 Å². The first-order valence-corrected chi connectivity index (χ1v) is 47.2. The molecule has 0 heterocycles. The maximum absolute atomic E-state index is 10.8. The van der Waals surface area contributed by atoms with Gasteiger partial charge in [0, 0.05) is 75.4 Å². The first kappa shape index (κ1) is 92.2. The summed E-state index contributed by atoms with van der Waals surface area (Å²) < 4.78 is 3.13. The molecule has 0 aliphatic heterocycles. The molecule has 24 rings (SSSR count). The average molecular weight is 2100 g/mol. The van der Waals surface area contributed by atoms with Gasteiger partial charge in [-0.1, -0.05) is 299 Å². The lowest BCUT2D eigenvalue weighted by Gasteiger charge is -2.16. The molecule has 684 valence electrons. The highest BCUT2D eigenvalue weighted by Gasteiger charge is 2.27. The maximum atomic E-state index is 10.8. The highest BCUT2D eigenvalue weighted by molar-refractivity contribution is 9.11. The van der Waals surface area contributed by atoms with Crippen molar-refractivity contribution in [3.8, 4) is 159 Å². The topological polar surface area (TPSA) is 324 Å². The molecule has 0 atom stereocenters. The molecule has 0 saturated carbocycles. The number of phenols is 16. The van der Waals surface area contributed by atoms with Gasteiger partial charge in [0.2, 0.25) is 0 Å². The predicted molar refractivity (Wildman–Crippen MR) is 579 cm³/mol. The Morgan fingerprint density at radius 2 is 0.343 bits per heavy atom. The summed E-state index contributed by atoms with van der Waals surface area (Å²) in [5.41, 5.74) is 7.37. The first-order chi connectivity index (χ1) is 67.7. The third-order valence-electron chi connectivity index (χ3n) is 25.0. The quantitative estimate of drug-likeness (QED) is 0.0688. The molecule has 0 unspecified atom stereocenters. The molecule has 16 N–H and O–H groups in total. The molecule has 24 aromatic rings. The Morgan fingerprint density at radius 1 is 0.129 bits per heavy atom. The minimum Gasteiger partial charge on any atom is -0.508 e. The van der Waals surface area contributed by atoms with E-state index < -0.39 is 0 Å². The van der Waals surface area contributed by atoms with E-state index in [0.717, 1.165) is 128 Å². The fraction of sp³-hybridized carbons (Fsp3) is 0. The van der Waals surface area contributed by atoms with E-state index in [-0.39, 0.29) is 103 Å². The average Bonchev–Trinajstić information content (AvgIpc) is 0.801. The minimum atomic E-state index is -0.334. The summed E-state index contributed by atoms with van der Waals surface area (Å²) in [6.07, 6.45) is 0. The van der Waals surface area contributed by atoms with Gasteiger partial charge in [0.25, 0.3) is 0 Å². The molecule has 20 heteroatoms. The van der Waals surface area contributed by atoms with E-state index in [2.05, 4.69) is 63.7 Å². The summed E-state index contributed by atoms with van der Waals surface area (Å²) in [4.78, 5) is 0. The Morgan fingerprint density at radius 3 is 0.657 bits per heavy atom. The zero-order valence-electron chi connectivity index (χ0n) is 73.6. The molecule has 0 aliphatic rings. The van der Waals surface area contributed by atoms with Gasteiger partial charge in [0.1, 0.15) is 69.0 Å². The Labute approximate surface area is 832 Å². The molecule has 140 heavy (non-hydrogen) atoms. The van der Waals surface area contributed by atoms with E-state index in [9.17, 15) is 81.7 Å². The second-order valence-corrected chi connectivity index (χ2v) is 36.9. The Bertz CT molecular complexity index is 8410. The van der Waals surface area contributed by atoms with Crippen LogP contribution in [0.5, 0.6) is 92.0 Å². The summed E-state index contributed by atoms with van der Waals surface area (Å²) in [7, 11) is 0. The van der Waals surface area contributed by atoms with Crippen molar-refractivity contribution in [2.24, 2.45) is 0 Å². The van der Waals surface area contributed by atoms with Crippen LogP contribution in [0.3, 0.4) is 0 Å². The van der Waals surface area contributed by atoms with Gasteiger partial charge in [-0.05, 0) is 283 Å². The van der Waals surface area contributed by atoms with Crippen molar-refractivity contribution < 1.29 is 81.7 Å². The molecule has 24 aromatic carbocycles. The molecule has 0 aromatic heterocycles. The number of halogens is 4. The number of hydrogen-bond donors (Lipinski definition) is 16. The van der Waals surface area contributed by atoms with Crippen molar-refractivity contribution in [2.75, 3.05) is 0 Å². The van der Waals surface area contributed by atoms with Gasteiger partial charge in [0.05, 0.1) is 8.95 Å². The largest absolute Gasteiger partial charge is 0.508 e. The molecule has 0 bridgehead atoms. The Balaban J connectivity index is 0.000000107. The van der Waals surface area contributed by atoms with Gasteiger partial charge in [-0.15, -0.1) is 0 Å². The summed E-state index contributed by atoms with van der Waals surface area (Å²) in [5, 5.41) is 186. The SMILES string of the molecule is Oc1c(Br)cc2ccccc2c1-c1c(O)c(Br)cc2ccccc12.Oc1cc2ccccc2c(-c2c(O)c(O)cc3ccccc23)c1O.Oc1ccc(-c2ccc(O)c3ccccc23)c2ccccc12.Oc1ccc2cc(Br)ccc2c1-c1c(O)ccc2cc(Br)ccc12.Oc1ccc2ccc(O)c(-c3c(O)ccc4ccc(O)cc34)c2c1.Oc1ccc2ccccc2c1-c1c(O)ccc2ccccc12. The van der Waals surface area contributed by atoms with Crippen LogP contribution in [-0.4, -0.2) is 81.7 Å². The van der Waals surface area contributed by atoms with E-state index in [1.54, 1.807) is 121 Å². The van der Waals surface area contributed by atoms with Crippen LogP contribution in [0, 0.1) is 0 Å². The van der Waals surface area contributed by atoms with Gasteiger partial charge in [-0.25, -0.2) is 0 Å². The standard InChI is InChI=1S/2C20H12Br2O2.2C20H14O4.2C20H14O2/c21-13-3-5-15-11(9-13)1-7-17(23)19(15)20-16-6-4-14(22)10-12(16)2-8-18(20)24;21-15-9-11-5-1-3-7-13(11)17(19(15)23)18-14-8-4-2-6-12(14)10-16(22)20(18)24;21-13-5-1-11-3-7-17(23)19(15(11)9-13)20-16-10-14(22)6-2-12(16)4-8-18(20)24;21-15-9-11-5-1-3-7-13(11)17(19(15)23)18-14-8-4-2-6-12(14)10-16(22)20(18)24;21-19-11-9-15(13-5-1-3-7-17(13)19)16-10-12-20(22)18-8-4-2-6-14(16)18;21-17-11-9-13-5-1-3-7-15(13)19(17)20-16-8-4-2-6-14(16)10-12-18(20)22/h2*1-10,23-24H;2*1-10,21-24H;2*1-12,21-22H. The van der Waals surface area contributed by atoms with Crippen molar-refractivity contribution in [1.82, 2.24) is 0 Å². The lowest BCUT2D eigenvalue weighted by Crippen LogP contribution is -1.88. The molecular weight excluding hydrogens is 2020 g/mol. The third-order valence-corrected chi connectivity index (χ3v) is 27.2. The number of rotatable bonds is 6. The van der Waals surface area contributed by atoms with Gasteiger partial charge < -0.3 is 81.7 Å². The molecule has 0 spiro atoms. The van der Waals surface area contributed by atoms with Crippen LogP contribution < -0.4 is 0 Å². The molecule has 0 fully saturated rings. The van der Waals surface area contributed by atoms with Crippen LogP contribution in [-0.2, 0) is 0 Å². The fourth-order valence-electron chi connectivity index (χ4n) is 18.6. The zero-order valence-corrected chi connectivity index (χ0v) is 80.0. The Hall–Kier alpha value is -16.9. The van der Waals surface area contributed by atoms with Crippen molar-refractivity contribution >= 4 is 193 Å². The van der Waals surface area contributed by atoms with Crippen molar-refractivity contribution in [3.05, 3.63) is 406 Å². The van der Waals surface area contributed by atoms with Gasteiger partial charge >= 0.3 is 0 Å². The number of benzene rings is 24.